The van der Waals surface area contributed by atoms with E-state index in [0.717, 1.165) is 38.6 Å². The molecule has 24 heavy (non-hydrogen) atoms. The highest BCUT2D eigenvalue weighted by Crippen LogP contribution is 2.30. The lowest BCUT2D eigenvalue weighted by molar-refractivity contribution is -0.126. The maximum absolute atomic E-state index is 12.6. The molecule has 3 rings (SSSR count). The third kappa shape index (κ3) is 3.65. The van der Waals surface area contributed by atoms with E-state index in [2.05, 4.69) is 21.2 Å². The van der Waals surface area contributed by atoms with Crippen LogP contribution in [0.2, 0.25) is 0 Å². The van der Waals surface area contributed by atoms with Crippen molar-refractivity contribution in [1.82, 2.24) is 4.90 Å². The van der Waals surface area contributed by atoms with E-state index < -0.39 is 5.37 Å². The van der Waals surface area contributed by atoms with Crippen LogP contribution in [-0.2, 0) is 11.3 Å². The van der Waals surface area contributed by atoms with Crippen molar-refractivity contribution in [2.24, 2.45) is 0 Å². The van der Waals surface area contributed by atoms with Gasteiger partial charge < -0.3 is 5.32 Å². The van der Waals surface area contributed by atoms with Crippen LogP contribution in [0.5, 0.6) is 0 Å². The largest absolute Gasteiger partial charge is 0.365 e. The van der Waals surface area contributed by atoms with E-state index in [-0.39, 0.29) is 11.1 Å². The number of nitrogens with one attached hydrogen (secondary N) is 1. The third-order valence-electron chi connectivity index (χ3n) is 3.85. The van der Waals surface area contributed by atoms with Crippen LogP contribution < -0.4 is 5.32 Å². The van der Waals surface area contributed by atoms with Gasteiger partial charge in [-0.15, -0.1) is 0 Å². The number of benzene rings is 2. The van der Waals surface area contributed by atoms with Gasteiger partial charge >= 0.3 is 0 Å². The standard InChI is InChI=1S/C18H17BrN2O2S/c1-11-3-8-15(12(2)9-11)20-16-17(22)21(18(23)24-16)10-13-4-6-14(19)7-5-13/h3-9,16,20H,10H2,1-2H3/t16-/m1/s1. The Morgan fingerprint density at radius 2 is 1.83 bits per heavy atom. The number of hydrogen-bond acceptors (Lipinski definition) is 4. The molecule has 124 valence electrons. The molecule has 2 aromatic rings. The van der Waals surface area contributed by atoms with Gasteiger partial charge in [0, 0.05) is 10.2 Å². The van der Waals surface area contributed by atoms with Crippen LogP contribution in [0.1, 0.15) is 16.7 Å². The third-order valence-corrected chi connectivity index (χ3v) is 5.36. The van der Waals surface area contributed by atoms with Crippen molar-refractivity contribution in [3.05, 3.63) is 63.6 Å². The molecule has 1 fully saturated rings. The average Bonchev–Trinajstić information content (AvgIpc) is 2.80. The van der Waals surface area contributed by atoms with Crippen molar-refractivity contribution < 1.29 is 9.59 Å². The second-order valence-corrected chi connectivity index (χ2v) is 7.75. The SMILES string of the molecule is Cc1ccc(N[C@@H]2SC(=O)N(Cc3ccc(Br)cc3)C2=O)c(C)c1. The van der Waals surface area contributed by atoms with Crippen LogP contribution in [0.3, 0.4) is 0 Å². The molecule has 1 N–H and O–H groups in total. The number of imide groups is 1. The minimum atomic E-state index is -0.575. The number of aryl methyl sites for hydroxylation is 2. The number of nitrogens with zero attached hydrogens (tertiary/aromatic N) is 1. The van der Waals surface area contributed by atoms with E-state index in [1.165, 1.54) is 4.90 Å². The molecule has 0 aromatic heterocycles. The maximum Gasteiger partial charge on any atom is 0.291 e. The molecule has 1 atom stereocenters. The number of carbonyl (C=O) groups excluding carboxylic acids is 2. The number of carbonyl (C=O) groups is 2. The monoisotopic (exact) mass is 404 g/mol. The summed E-state index contributed by atoms with van der Waals surface area (Å²) in [6, 6.07) is 13.6. The lowest BCUT2D eigenvalue weighted by Gasteiger charge is -2.16. The van der Waals surface area contributed by atoms with Crippen LogP contribution in [-0.4, -0.2) is 21.4 Å². The minimum Gasteiger partial charge on any atom is -0.365 e. The van der Waals surface area contributed by atoms with Gasteiger partial charge in [0.1, 0.15) is 0 Å². The molecule has 0 aliphatic carbocycles. The van der Waals surface area contributed by atoms with Gasteiger partial charge in [-0.1, -0.05) is 45.8 Å². The van der Waals surface area contributed by atoms with Gasteiger partial charge in [0.2, 0.25) is 0 Å². The Labute approximate surface area is 153 Å². The fourth-order valence-electron chi connectivity index (χ4n) is 2.57. The summed E-state index contributed by atoms with van der Waals surface area (Å²) in [6.07, 6.45) is 0. The van der Waals surface area contributed by atoms with Crippen molar-refractivity contribution in [3.63, 3.8) is 0 Å². The fourth-order valence-corrected chi connectivity index (χ4v) is 3.73. The predicted octanol–water partition coefficient (Wildman–Crippen LogP) is 4.70. The second-order valence-electron chi connectivity index (χ2n) is 5.78. The molecule has 0 radical (unpaired) electrons. The molecule has 2 aromatic carbocycles. The first kappa shape index (κ1) is 17.0. The molecule has 1 saturated heterocycles. The lowest BCUT2D eigenvalue weighted by atomic mass is 10.1. The number of thioether (sulfide) groups is 1. The molecular weight excluding hydrogens is 388 g/mol. The highest BCUT2D eigenvalue weighted by Gasteiger charge is 2.39. The summed E-state index contributed by atoms with van der Waals surface area (Å²) in [5.41, 5.74) is 4.02. The van der Waals surface area contributed by atoms with E-state index in [4.69, 9.17) is 0 Å². The van der Waals surface area contributed by atoms with Crippen LogP contribution in [0, 0.1) is 13.8 Å². The molecule has 0 unspecified atom stereocenters. The number of anilines is 1. The molecule has 6 heteroatoms. The smallest absolute Gasteiger partial charge is 0.291 e. The average molecular weight is 405 g/mol. The molecule has 0 bridgehead atoms. The molecule has 1 heterocycles. The zero-order chi connectivity index (χ0) is 17.3. The fraction of sp³-hybridized carbons (Fsp3) is 0.222. The first-order valence-corrected chi connectivity index (χ1v) is 9.21. The Balaban J connectivity index is 1.72. The molecule has 2 amide bonds. The number of rotatable bonds is 4. The van der Waals surface area contributed by atoms with Crippen molar-refractivity contribution >= 4 is 44.5 Å². The summed E-state index contributed by atoms with van der Waals surface area (Å²) in [5, 5.41) is 2.39. The van der Waals surface area contributed by atoms with Gasteiger partial charge in [0.25, 0.3) is 11.1 Å². The Morgan fingerprint density at radius 3 is 2.50 bits per heavy atom. The first-order chi connectivity index (χ1) is 11.4. The maximum atomic E-state index is 12.6. The van der Waals surface area contributed by atoms with Crippen LogP contribution >= 0.6 is 27.7 Å². The summed E-state index contributed by atoms with van der Waals surface area (Å²) in [5.74, 6) is -0.201. The zero-order valence-electron chi connectivity index (χ0n) is 13.4. The van der Waals surface area contributed by atoms with Gasteiger partial charge in [-0.3, -0.25) is 14.5 Å². The topological polar surface area (TPSA) is 49.4 Å². The van der Waals surface area contributed by atoms with Crippen LogP contribution in [0.25, 0.3) is 0 Å². The minimum absolute atomic E-state index is 0.201. The van der Waals surface area contributed by atoms with Crippen molar-refractivity contribution in [3.8, 4) is 0 Å². The first-order valence-electron chi connectivity index (χ1n) is 7.54. The van der Waals surface area contributed by atoms with E-state index in [1.807, 2.05) is 56.3 Å². The van der Waals surface area contributed by atoms with Gasteiger partial charge in [-0.2, -0.15) is 0 Å². The van der Waals surface area contributed by atoms with Gasteiger partial charge in [0.05, 0.1) is 6.54 Å². The zero-order valence-corrected chi connectivity index (χ0v) is 15.8. The van der Waals surface area contributed by atoms with Gasteiger partial charge in [0.15, 0.2) is 5.37 Å². The molecule has 1 aliphatic heterocycles. The highest BCUT2D eigenvalue weighted by atomic mass is 79.9. The molecule has 1 aliphatic rings. The summed E-state index contributed by atoms with van der Waals surface area (Å²) in [6.45, 7) is 4.31. The van der Waals surface area contributed by atoms with Crippen molar-refractivity contribution in [1.29, 1.82) is 0 Å². The number of amides is 2. The highest BCUT2D eigenvalue weighted by molar-refractivity contribution is 9.10. The normalized spacial score (nSPS) is 17.5. The molecule has 4 nitrogen and oxygen atoms in total. The Kier molecular flexibility index (Phi) is 4.96. The summed E-state index contributed by atoms with van der Waals surface area (Å²) >= 11 is 4.41. The van der Waals surface area contributed by atoms with Crippen LogP contribution in [0.4, 0.5) is 10.5 Å². The van der Waals surface area contributed by atoms with E-state index in [0.29, 0.717) is 6.54 Å². The molecular formula is C18H17BrN2O2S. The summed E-state index contributed by atoms with van der Waals surface area (Å²) < 4.78 is 0.967. The Bertz CT molecular complexity index is 792. The number of halogens is 1. The van der Waals surface area contributed by atoms with E-state index in [9.17, 15) is 9.59 Å². The molecule has 0 saturated carbocycles. The number of hydrogen-bond donors (Lipinski definition) is 1. The quantitative estimate of drug-likeness (QED) is 0.801. The predicted molar refractivity (Wildman–Crippen MR) is 101 cm³/mol. The molecule has 0 spiro atoms. The van der Waals surface area contributed by atoms with E-state index >= 15 is 0 Å². The van der Waals surface area contributed by atoms with Gasteiger partial charge in [-0.05, 0) is 54.9 Å². The Morgan fingerprint density at radius 1 is 1.12 bits per heavy atom. The summed E-state index contributed by atoms with van der Waals surface area (Å²) in [4.78, 5) is 26.1. The van der Waals surface area contributed by atoms with Gasteiger partial charge in [-0.25, -0.2) is 0 Å². The van der Waals surface area contributed by atoms with Crippen molar-refractivity contribution in [2.75, 3.05) is 5.32 Å². The summed E-state index contributed by atoms with van der Waals surface area (Å²) in [7, 11) is 0. The Hall–Kier alpha value is -1.79. The van der Waals surface area contributed by atoms with E-state index in [1.54, 1.807) is 0 Å². The lowest BCUT2D eigenvalue weighted by Crippen LogP contribution is -2.34. The van der Waals surface area contributed by atoms with Crippen molar-refractivity contribution in [2.45, 2.75) is 25.8 Å². The van der Waals surface area contributed by atoms with Crippen LogP contribution in [0.15, 0.2) is 46.9 Å². The second kappa shape index (κ2) is 6.99.